The van der Waals surface area contributed by atoms with Gasteiger partial charge in [-0.25, -0.2) is 0 Å². The van der Waals surface area contributed by atoms with Crippen LogP contribution in [0.4, 0.5) is 0 Å². The Bertz CT molecular complexity index is 193. The lowest BCUT2D eigenvalue weighted by atomic mass is 9.83. The Hall–Kier alpha value is -0.0800. The molecule has 0 heterocycles. The van der Waals surface area contributed by atoms with E-state index in [-0.39, 0.29) is 0 Å². The fourth-order valence-electron chi connectivity index (χ4n) is 2.97. The smallest absolute Gasteiger partial charge is 0.0771 e. The molecule has 0 radical (unpaired) electrons. The highest BCUT2D eigenvalue weighted by molar-refractivity contribution is 4.83. The molecule has 2 heteroatoms. The van der Waals surface area contributed by atoms with E-state index in [1.807, 2.05) is 0 Å². The van der Waals surface area contributed by atoms with Crippen molar-refractivity contribution in [2.75, 3.05) is 13.1 Å². The number of hydrogen-bond acceptors (Lipinski definition) is 2. The molecular formula is C14H27NO. The zero-order valence-electron chi connectivity index (χ0n) is 10.5. The molecule has 0 aromatic rings. The fourth-order valence-corrected chi connectivity index (χ4v) is 2.97. The van der Waals surface area contributed by atoms with Crippen LogP contribution in [-0.4, -0.2) is 23.8 Å². The van der Waals surface area contributed by atoms with Gasteiger partial charge in [-0.05, 0) is 31.7 Å². The summed E-state index contributed by atoms with van der Waals surface area (Å²) in [5.74, 6) is 0.983. The molecule has 0 aliphatic heterocycles. The van der Waals surface area contributed by atoms with E-state index in [0.29, 0.717) is 0 Å². The van der Waals surface area contributed by atoms with Crippen LogP contribution in [0.25, 0.3) is 0 Å². The van der Waals surface area contributed by atoms with Gasteiger partial charge in [0.15, 0.2) is 0 Å². The van der Waals surface area contributed by atoms with Crippen molar-refractivity contribution < 1.29 is 5.11 Å². The van der Waals surface area contributed by atoms with E-state index in [1.54, 1.807) is 0 Å². The number of rotatable bonds is 5. The van der Waals surface area contributed by atoms with Crippen molar-refractivity contribution in [1.29, 1.82) is 0 Å². The largest absolute Gasteiger partial charge is 0.389 e. The van der Waals surface area contributed by atoms with Gasteiger partial charge in [0.1, 0.15) is 0 Å². The van der Waals surface area contributed by atoms with E-state index >= 15 is 0 Å². The van der Waals surface area contributed by atoms with E-state index in [1.165, 1.54) is 51.4 Å². The highest BCUT2D eigenvalue weighted by Gasteiger charge is 2.27. The maximum atomic E-state index is 10.4. The van der Waals surface area contributed by atoms with E-state index in [9.17, 15) is 5.11 Å². The molecular weight excluding hydrogens is 198 g/mol. The molecule has 0 saturated heterocycles. The molecule has 2 aliphatic carbocycles. The molecule has 16 heavy (non-hydrogen) atoms. The molecule has 2 nitrogen and oxygen atoms in total. The quantitative estimate of drug-likeness (QED) is 0.557. The van der Waals surface area contributed by atoms with Crippen LogP contribution in [-0.2, 0) is 0 Å². The van der Waals surface area contributed by atoms with Gasteiger partial charge in [0.05, 0.1) is 5.60 Å². The maximum absolute atomic E-state index is 10.4. The zero-order chi connectivity index (χ0) is 11.3. The van der Waals surface area contributed by atoms with Gasteiger partial charge in [0.2, 0.25) is 0 Å². The molecule has 0 spiro atoms. The third-order valence-corrected chi connectivity index (χ3v) is 4.44. The van der Waals surface area contributed by atoms with Crippen LogP contribution >= 0.6 is 0 Å². The summed E-state index contributed by atoms with van der Waals surface area (Å²) in [4.78, 5) is 0. The van der Waals surface area contributed by atoms with Crippen molar-refractivity contribution in [2.24, 2.45) is 5.92 Å². The normalized spacial score (nSPS) is 26.1. The van der Waals surface area contributed by atoms with Crippen LogP contribution in [0.2, 0.25) is 0 Å². The Kier molecular flexibility index (Phi) is 4.66. The average molecular weight is 225 g/mol. The van der Waals surface area contributed by atoms with E-state index in [2.05, 4.69) is 5.32 Å². The van der Waals surface area contributed by atoms with Crippen molar-refractivity contribution in [2.45, 2.75) is 69.8 Å². The summed E-state index contributed by atoms with van der Waals surface area (Å²) in [6.45, 7) is 1.92. The van der Waals surface area contributed by atoms with E-state index in [0.717, 1.165) is 31.8 Å². The molecule has 2 N–H and O–H groups in total. The monoisotopic (exact) mass is 225 g/mol. The second kappa shape index (κ2) is 6.02. The lowest BCUT2D eigenvalue weighted by Gasteiger charge is -2.29. The molecule has 0 aromatic carbocycles. The Balaban J connectivity index is 1.59. The Labute approximate surface area is 99.8 Å². The van der Waals surface area contributed by atoms with Crippen LogP contribution < -0.4 is 5.32 Å². The molecule has 0 bridgehead atoms. The Morgan fingerprint density at radius 3 is 2.25 bits per heavy atom. The van der Waals surface area contributed by atoms with Crippen LogP contribution in [0.5, 0.6) is 0 Å². The van der Waals surface area contributed by atoms with Gasteiger partial charge in [-0.3, -0.25) is 0 Å². The van der Waals surface area contributed by atoms with Crippen LogP contribution in [0, 0.1) is 5.92 Å². The number of aliphatic hydroxyl groups is 1. The first-order valence-electron chi connectivity index (χ1n) is 7.22. The maximum Gasteiger partial charge on any atom is 0.0771 e. The van der Waals surface area contributed by atoms with Crippen molar-refractivity contribution in [3.05, 3.63) is 0 Å². The standard InChI is InChI=1S/C14H27NO/c16-14(9-3-1-2-4-10-14)12-15-11-8-13-6-5-7-13/h13,15-16H,1-12H2. The summed E-state index contributed by atoms with van der Waals surface area (Å²) in [5, 5.41) is 13.9. The predicted molar refractivity (Wildman–Crippen MR) is 67.5 cm³/mol. The minimum absolute atomic E-state index is 0.393. The minimum Gasteiger partial charge on any atom is -0.389 e. The third-order valence-electron chi connectivity index (χ3n) is 4.44. The van der Waals surface area contributed by atoms with Crippen molar-refractivity contribution in [1.82, 2.24) is 5.32 Å². The first-order valence-corrected chi connectivity index (χ1v) is 7.22. The first-order chi connectivity index (χ1) is 7.79. The van der Waals surface area contributed by atoms with Gasteiger partial charge in [-0.15, -0.1) is 0 Å². The average Bonchev–Trinajstić information content (AvgIpc) is 2.41. The van der Waals surface area contributed by atoms with Crippen LogP contribution in [0.15, 0.2) is 0 Å². The molecule has 2 rings (SSSR count). The second-order valence-electron chi connectivity index (χ2n) is 5.90. The summed E-state index contributed by atoms with van der Waals surface area (Å²) in [6, 6.07) is 0. The minimum atomic E-state index is -0.393. The van der Waals surface area contributed by atoms with Crippen molar-refractivity contribution in [3.8, 4) is 0 Å². The molecule has 0 amide bonds. The van der Waals surface area contributed by atoms with E-state index < -0.39 is 5.60 Å². The van der Waals surface area contributed by atoms with Gasteiger partial charge < -0.3 is 10.4 Å². The van der Waals surface area contributed by atoms with E-state index in [4.69, 9.17) is 0 Å². The molecule has 0 unspecified atom stereocenters. The molecule has 2 aliphatic rings. The van der Waals surface area contributed by atoms with Gasteiger partial charge in [-0.1, -0.05) is 44.9 Å². The van der Waals surface area contributed by atoms with Gasteiger partial charge in [0, 0.05) is 6.54 Å². The summed E-state index contributed by atoms with van der Waals surface area (Å²) in [5.41, 5.74) is -0.393. The third kappa shape index (κ3) is 3.74. The van der Waals surface area contributed by atoms with Gasteiger partial charge in [0.25, 0.3) is 0 Å². The topological polar surface area (TPSA) is 32.3 Å². The highest BCUT2D eigenvalue weighted by Crippen LogP contribution is 2.29. The second-order valence-corrected chi connectivity index (χ2v) is 5.90. The number of hydrogen-bond donors (Lipinski definition) is 2. The Morgan fingerprint density at radius 1 is 1.00 bits per heavy atom. The molecule has 94 valence electrons. The summed E-state index contributed by atoms with van der Waals surface area (Å²) >= 11 is 0. The molecule has 0 aromatic heterocycles. The predicted octanol–water partition coefficient (Wildman–Crippen LogP) is 2.85. The van der Waals surface area contributed by atoms with Gasteiger partial charge in [-0.2, -0.15) is 0 Å². The first kappa shape index (κ1) is 12.4. The number of nitrogens with one attached hydrogen (secondary N) is 1. The summed E-state index contributed by atoms with van der Waals surface area (Å²) in [6.07, 6.45) is 12.7. The molecule has 2 fully saturated rings. The SMILES string of the molecule is OC1(CNCCC2CCC2)CCCCCC1. The Morgan fingerprint density at radius 2 is 1.69 bits per heavy atom. The lowest BCUT2D eigenvalue weighted by molar-refractivity contribution is 0.0249. The zero-order valence-corrected chi connectivity index (χ0v) is 10.5. The van der Waals surface area contributed by atoms with Crippen LogP contribution in [0.3, 0.4) is 0 Å². The summed E-state index contributed by atoms with van der Waals surface area (Å²) < 4.78 is 0. The highest BCUT2D eigenvalue weighted by atomic mass is 16.3. The lowest BCUT2D eigenvalue weighted by Crippen LogP contribution is -2.40. The molecule has 0 atom stereocenters. The van der Waals surface area contributed by atoms with Gasteiger partial charge >= 0.3 is 0 Å². The molecule has 2 saturated carbocycles. The van der Waals surface area contributed by atoms with Crippen LogP contribution in [0.1, 0.15) is 64.2 Å². The van der Waals surface area contributed by atoms with Crippen molar-refractivity contribution >= 4 is 0 Å². The summed E-state index contributed by atoms with van der Waals surface area (Å²) in [7, 11) is 0. The van der Waals surface area contributed by atoms with Crippen molar-refractivity contribution in [3.63, 3.8) is 0 Å². The fraction of sp³-hybridized carbons (Fsp3) is 1.00.